The van der Waals surface area contributed by atoms with Gasteiger partial charge in [0.1, 0.15) is 24.1 Å². The third kappa shape index (κ3) is 8.60. The molecule has 2 heterocycles. The van der Waals surface area contributed by atoms with E-state index in [4.69, 9.17) is 4.74 Å². The smallest absolute Gasteiger partial charge is 0.257 e. The van der Waals surface area contributed by atoms with Crippen molar-refractivity contribution in [1.82, 2.24) is 24.9 Å². The van der Waals surface area contributed by atoms with Gasteiger partial charge in [-0.1, -0.05) is 0 Å². The van der Waals surface area contributed by atoms with Crippen LogP contribution >= 0.6 is 0 Å². The molecular weight excluding hydrogens is 578 g/mol. The fourth-order valence-electron chi connectivity index (χ4n) is 5.89. The molecule has 2 atom stereocenters. The summed E-state index contributed by atoms with van der Waals surface area (Å²) in [6.45, 7) is 9.53. The molecule has 1 aromatic carbocycles. The van der Waals surface area contributed by atoms with E-state index in [1.165, 1.54) is 24.7 Å². The molecule has 238 valence electrons. The summed E-state index contributed by atoms with van der Waals surface area (Å²) in [7, 11) is -3.20. The molecule has 1 aliphatic carbocycles. The predicted octanol–water partition coefficient (Wildman–Crippen LogP) is 4.14. The Balaban J connectivity index is 1.36. The first kappa shape index (κ1) is 33.0. The minimum atomic E-state index is -3.20. The van der Waals surface area contributed by atoms with E-state index in [1.54, 1.807) is 11.8 Å². The second kappa shape index (κ2) is 14.7. The van der Waals surface area contributed by atoms with Crippen molar-refractivity contribution in [2.45, 2.75) is 71.6 Å². The summed E-state index contributed by atoms with van der Waals surface area (Å²) < 4.78 is 62.0. The average molecular weight is 623 g/mol. The van der Waals surface area contributed by atoms with E-state index in [0.717, 1.165) is 38.3 Å². The molecule has 1 saturated heterocycles. The van der Waals surface area contributed by atoms with Gasteiger partial charge in [-0.25, -0.2) is 31.9 Å². The van der Waals surface area contributed by atoms with Crippen LogP contribution in [0.15, 0.2) is 30.7 Å². The zero-order valence-electron chi connectivity index (χ0n) is 25.4. The number of carbonyl (C=O) groups excluding carboxylic acids is 1. The number of nitrogens with zero attached hydrogens (tertiary/aromatic N) is 4. The Morgan fingerprint density at radius 2 is 1.88 bits per heavy atom. The normalized spacial score (nSPS) is 22.6. The van der Waals surface area contributed by atoms with Gasteiger partial charge in [0.15, 0.2) is 11.6 Å². The number of anilines is 1. The lowest BCUT2D eigenvalue weighted by Crippen LogP contribution is -2.40. The quantitative estimate of drug-likeness (QED) is 0.343. The number of amides is 1. The molecule has 0 radical (unpaired) electrons. The van der Waals surface area contributed by atoms with E-state index in [2.05, 4.69) is 20.0 Å². The first-order chi connectivity index (χ1) is 20.5. The second-order valence-corrected chi connectivity index (χ2v) is 13.8. The van der Waals surface area contributed by atoms with Crippen molar-refractivity contribution in [3.05, 3.63) is 42.1 Å². The number of rotatable bonds is 13. The number of sulfonamides is 1. The van der Waals surface area contributed by atoms with Crippen LogP contribution in [0.25, 0.3) is 0 Å². The first-order valence-corrected chi connectivity index (χ1v) is 16.8. The van der Waals surface area contributed by atoms with Gasteiger partial charge in [0.05, 0.1) is 24.1 Å². The SMILES string of the molecule is CCN(C(=O)c1cc(F)ccc1Oc1cncnc1N1C[C@@H](CNCC2CCC(NS(=O)(=O)CC)CC2)[C@H](F)C1)C(C)C. The Bertz CT molecular complexity index is 1340. The topological polar surface area (TPSA) is 117 Å². The summed E-state index contributed by atoms with van der Waals surface area (Å²) in [6.07, 6.45) is 5.20. The highest BCUT2D eigenvalue weighted by molar-refractivity contribution is 7.89. The van der Waals surface area contributed by atoms with E-state index >= 15 is 4.39 Å². The molecular formula is C30H44F2N6O4S. The summed E-state index contributed by atoms with van der Waals surface area (Å²) >= 11 is 0. The van der Waals surface area contributed by atoms with Crippen molar-refractivity contribution in [1.29, 1.82) is 0 Å². The first-order valence-electron chi connectivity index (χ1n) is 15.2. The molecule has 1 aromatic heterocycles. The molecule has 1 amide bonds. The Hall–Kier alpha value is -2.90. The van der Waals surface area contributed by atoms with Gasteiger partial charge in [-0.3, -0.25) is 4.79 Å². The summed E-state index contributed by atoms with van der Waals surface area (Å²) in [4.78, 5) is 25.1. The molecule has 0 unspecified atom stereocenters. The van der Waals surface area contributed by atoms with Crippen LogP contribution in [-0.2, 0) is 10.0 Å². The molecule has 13 heteroatoms. The van der Waals surface area contributed by atoms with Crippen molar-refractivity contribution in [2.24, 2.45) is 11.8 Å². The number of nitrogens with one attached hydrogen (secondary N) is 2. The molecule has 1 saturated carbocycles. The highest BCUT2D eigenvalue weighted by Crippen LogP contribution is 2.35. The number of hydrogen-bond donors (Lipinski definition) is 2. The van der Waals surface area contributed by atoms with Gasteiger partial charge >= 0.3 is 0 Å². The summed E-state index contributed by atoms with van der Waals surface area (Å²) in [6, 6.07) is 3.71. The molecule has 2 aromatic rings. The molecule has 2 fully saturated rings. The van der Waals surface area contributed by atoms with Crippen LogP contribution in [0.1, 0.15) is 63.7 Å². The van der Waals surface area contributed by atoms with Crippen LogP contribution in [0.5, 0.6) is 11.5 Å². The third-order valence-electron chi connectivity index (χ3n) is 8.35. The molecule has 43 heavy (non-hydrogen) atoms. The number of carbonyl (C=O) groups is 1. The molecule has 1 aliphatic heterocycles. The molecule has 10 nitrogen and oxygen atoms in total. The van der Waals surface area contributed by atoms with Gasteiger partial charge < -0.3 is 19.9 Å². The number of alkyl halides is 1. The van der Waals surface area contributed by atoms with Gasteiger partial charge in [0.2, 0.25) is 10.0 Å². The van der Waals surface area contributed by atoms with Gasteiger partial charge in [0, 0.05) is 37.6 Å². The number of ether oxygens (including phenoxy) is 1. The fourth-order valence-corrected chi connectivity index (χ4v) is 6.80. The zero-order chi connectivity index (χ0) is 31.1. The third-order valence-corrected chi connectivity index (χ3v) is 9.80. The van der Waals surface area contributed by atoms with Gasteiger partial charge in [-0.05, 0) is 84.0 Å². The van der Waals surface area contributed by atoms with Gasteiger partial charge in [-0.2, -0.15) is 0 Å². The lowest BCUT2D eigenvalue weighted by Gasteiger charge is -2.29. The molecule has 0 bridgehead atoms. The minimum absolute atomic E-state index is 0.00557. The van der Waals surface area contributed by atoms with Crippen LogP contribution in [0.3, 0.4) is 0 Å². The summed E-state index contributed by atoms with van der Waals surface area (Å²) in [5, 5.41) is 3.43. The van der Waals surface area contributed by atoms with Crippen LogP contribution in [0, 0.1) is 17.7 Å². The largest absolute Gasteiger partial charge is 0.451 e. The fraction of sp³-hybridized carbons (Fsp3) is 0.633. The lowest BCUT2D eigenvalue weighted by atomic mass is 9.86. The standard InChI is InChI=1S/C30H44F2N6O4S/c1-5-38(20(3)4)30(39)25-13-23(31)9-12-27(25)42-28-16-34-19-35-29(28)37-17-22(26(32)18-37)15-33-14-21-7-10-24(11-8-21)36-43(40,41)6-2/h9,12-13,16,19-22,24,26,33,36H,5-8,10-11,14-15,17-18H2,1-4H3/t21?,22-,24?,26-/m1/s1. The predicted molar refractivity (Wildman–Crippen MR) is 162 cm³/mol. The number of benzene rings is 1. The van der Waals surface area contributed by atoms with Crippen LogP contribution in [-0.4, -0.2) is 85.9 Å². The second-order valence-electron chi connectivity index (χ2n) is 11.7. The summed E-state index contributed by atoms with van der Waals surface area (Å²) in [5.74, 6) is 0.186. The summed E-state index contributed by atoms with van der Waals surface area (Å²) in [5.41, 5.74) is 0.0917. The van der Waals surface area contributed by atoms with Crippen molar-refractivity contribution in [3.63, 3.8) is 0 Å². The number of halogens is 2. The molecule has 4 rings (SSSR count). The average Bonchev–Trinajstić information content (AvgIpc) is 3.35. The highest BCUT2D eigenvalue weighted by Gasteiger charge is 2.35. The maximum Gasteiger partial charge on any atom is 0.257 e. The zero-order valence-corrected chi connectivity index (χ0v) is 26.2. The number of hydrogen-bond acceptors (Lipinski definition) is 8. The van der Waals surface area contributed by atoms with E-state index in [9.17, 15) is 17.6 Å². The van der Waals surface area contributed by atoms with Crippen molar-refractivity contribution in [2.75, 3.05) is 43.4 Å². The van der Waals surface area contributed by atoms with Gasteiger partial charge in [-0.15, -0.1) is 0 Å². The van der Waals surface area contributed by atoms with E-state index < -0.39 is 22.0 Å². The van der Waals surface area contributed by atoms with E-state index in [0.29, 0.717) is 31.4 Å². The number of aromatic nitrogens is 2. The van der Waals surface area contributed by atoms with E-state index in [1.807, 2.05) is 25.7 Å². The Kier molecular flexibility index (Phi) is 11.3. The van der Waals surface area contributed by atoms with Crippen molar-refractivity contribution < 1.29 is 26.7 Å². The Labute approximate surface area is 253 Å². The monoisotopic (exact) mass is 622 g/mol. The van der Waals surface area contributed by atoms with Gasteiger partial charge in [0.25, 0.3) is 5.91 Å². The maximum atomic E-state index is 15.2. The molecule has 2 aliphatic rings. The van der Waals surface area contributed by atoms with Crippen LogP contribution < -0.4 is 19.7 Å². The molecule has 2 N–H and O–H groups in total. The maximum absolute atomic E-state index is 15.2. The van der Waals surface area contributed by atoms with Crippen LogP contribution in [0.2, 0.25) is 0 Å². The molecule has 0 spiro atoms. The van der Waals surface area contributed by atoms with Crippen molar-refractivity contribution in [3.8, 4) is 11.5 Å². The lowest BCUT2D eigenvalue weighted by molar-refractivity contribution is 0.0713. The highest BCUT2D eigenvalue weighted by atomic mass is 32.2. The Morgan fingerprint density at radius 1 is 1.14 bits per heavy atom. The van der Waals surface area contributed by atoms with Crippen LogP contribution in [0.4, 0.5) is 14.6 Å². The minimum Gasteiger partial charge on any atom is -0.451 e. The van der Waals surface area contributed by atoms with E-state index in [-0.39, 0.29) is 53.3 Å². The Morgan fingerprint density at radius 3 is 2.56 bits per heavy atom. The van der Waals surface area contributed by atoms with Crippen molar-refractivity contribution >= 4 is 21.7 Å².